The summed E-state index contributed by atoms with van der Waals surface area (Å²) in [5.74, 6) is 0. The summed E-state index contributed by atoms with van der Waals surface area (Å²) in [5.41, 5.74) is 5.08. The van der Waals surface area contributed by atoms with Gasteiger partial charge in [0, 0.05) is 16.7 Å². The fourth-order valence-corrected chi connectivity index (χ4v) is 3.07. The highest BCUT2D eigenvalue weighted by molar-refractivity contribution is 9.11. The molecule has 3 rings (SSSR count). The highest BCUT2D eigenvalue weighted by Gasteiger charge is 2.20. The summed E-state index contributed by atoms with van der Waals surface area (Å²) in [4.78, 5) is 1.89. The lowest BCUT2D eigenvalue weighted by molar-refractivity contribution is 1.57. The van der Waals surface area contributed by atoms with Gasteiger partial charge in [-0.25, -0.2) is 0 Å². The van der Waals surface area contributed by atoms with Crippen LogP contribution in [0.25, 0.3) is 0 Å². The second kappa shape index (κ2) is 6.20. The monoisotopic (exact) mass is 342 g/mol. The molecule has 2 nitrogen and oxygen atoms in total. The number of hydrogen-bond acceptors (Lipinski definition) is 3. The Morgan fingerprint density at radius 1 is 0.750 bits per heavy atom. The van der Waals surface area contributed by atoms with Crippen molar-refractivity contribution in [1.29, 1.82) is 0 Å². The maximum Gasteiger partial charge on any atom is 0.116 e. The third kappa shape index (κ3) is 2.62. The van der Waals surface area contributed by atoms with E-state index in [1.165, 1.54) is 12.1 Å². The summed E-state index contributed by atoms with van der Waals surface area (Å²) in [6, 6.07) is 20.3. The fraction of sp³-hybridized carbons (Fsp3) is 0. The van der Waals surface area contributed by atoms with E-state index in [1.54, 1.807) is 0 Å². The van der Waals surface area contributed by atoms with Crippen molar-refractivity contribution in [3.8, 4) is 0 Å². The molecule has 0 amide bonds. The second-order valence-electron chi connectivity index (χ2n) is 4.22. The number of halogens is 1. The summed E-state index contributed by atoms with van der Waals surface area (Å²) in [6.45, 7) is 0. The molecule has 1 aliphatic heterocycles. The normalized spacial score (nSPS) is 14.6. The molecule has 98 valence electrons. The van der Waals surface area contributed by atoms with Crippen LogP contribution in [0.3, 0.4) is 0 Å². The van der Waals surface area contributed by atoms with E-state index in [4.69, 9.17) is 0 Å². The third-order valence-electron chi connectivity index (χ3n) is 2.98. The molecule has 0 atom stereocenters. The minimum absolute atomic E-state index is 0.946. The lowest BCUT2D eigenvalue weighted by Gasteiger charge is -2.16. The zero-order chi connectivity index (χ0) is 13.8. The number of nitrogens with zero attached hydrogens (tertiary/aromatic N) is 2. The van der Waals surface area contributed by atoms with Crippen molar-refractivity contribution in [2.75, 3.05) is 0 Å². The first-order valence-electron chi connectivity index (χ1n) is 6.14. The predicted octanol–water partition coefficient (Wildman–Crippen LogP) is 4.82. The van der Waals surface area contributed by atoms with E-state index in [0.29, 0.717) is 0 Å². The fourth-order valence-electron chi connectivity index (χ4n) is 2.02. The van der Waals surface area contributed by atoms with E-state index >= 15 is 0 Å². The van der Waals surface area contributed by atoms with E-state index in [2.05, 4.69) is 49.0 Å². The van der Waals surface area contributed by atoms with E-state index < -0.39 is 0 Å². The van der Waals surface area contributed by atoms with Crippen LogP contribution >= 0.6 is 28.1 Å². The van der Waals surface area contributed by atoms with Crippen LogP contribution in [0.4, 0.5) is 0 Å². The van der Waals surface area contributed by atoms with E-state index in [1.807, 2.05) is 41.4 Å². The number of benzene rings is 2. The highest BCUT2D eigenvalue weighted by Crippen LogP contribution is 2.26. The van der Waals surface area contributed by atoms with Crippen LogP contribution < -0.4 is 0 Å². The highest BCUT2D eigenvalue weighted by atomic mass is 79.9. The summed E-state index contributed by atoms with van der Waals surface area (Å²) in [7, 11) is 0. The molecular weight excluding hydrogens is 332 g/mol. The minimum atomic E-state index is 0.946. The molecule has 0 spiro atoms. The van der Waals surface area contributed by atoms with Crippen molar-refractivity contribution in [1.82, 2.24) is 0 Å². The van der Waals surface area contributed by atoms with E-state index in [0.717, 1.165) is 28.1 Å². The van der Waals surface area contributed by atoms with Gasteiger partial charge in [0.05, 0.1) is 11.4 Å². The zero-order valence-corrected chi connectivity index (χ0v) is 12.9. The van der Waals surface area contributed by atoms with Crippen LogP contribution in [0.15, 0.2) is 80.0 Å². The van der Waals surface area contributed by atoms with E-state index in [-0.39, 0.29) is 0 Å². The molecule has 0 unspecified atom stereocenters. The first-order chi connectivity index (χ1) is 9.90. The Labute approximate surface area is 130 Å². The van der Waals surface area contributed by atoms with Gasteiger partial charge in [-0.2, -0.15) is 8.80 Å². The first-order valence-corrected chi connectivity index (χ1v) is 7.79. The summed E-state index contributed by atoms with van der Waals surface area (Å²) >= 11 is 4.69. The number of allylic oxidation sites excluding steroid dienone is 1. The van der Waals surface area contributed by atoms with Crippen LogP contribution in [0.2, 0.25) is 0 Å². The van der Waals surface area contributed by atoms with Crippen LogP contribution in [0, 0.1) is 0 Å². The van der Waals surface area contributed by atoms with Gasteiger partial charge in [-0.05, 0) is 4.99 Å². The molecule has 0 radical (unpaired) electrons. The van der Waals surface area contributed by atoms with Crippen molar-refractivity contribution in [2.45, 2.75) is 0 Å². The average Bonchev–Trinajstić information content (AvgIpc) is 2.55. The molecule has 20 heavy (non-hydrogen) atoms. The number of rotatable bonds is 2. The molecule has 0 aromatic heterocycles. The SMILES string of the molecule is BrC=C1C(c2ccccc2)=NSN=C1c1ccccc1. The molecule has 2 aromatic carbocycles. The quantitative estimate of drug-likeness (QED) is 0.718. The second-order valence-corrected chi connectivity index (χ2v) is 5.20. The van der Waals surface area contributed by atoms with Crippen LogP contribution in [-0.4, -0.2) is 11.4 Å². The predicted molar refractivity (Wildman–Crippen MR) is 90.6 cm³/mol. The van der Waals surface area contributed by atoms with Gasteiger partial charge in [0.15, 0.2) is 0 Å². The summed E-state index contributed by atoms with van der Waals surface area (Å²) in [5, 5.41) is 0. The lowest BCUT2D eigenvalue weighted by Crippen LogP contribution is -2.17. The molecule has 0 bridgehead atoms. The smallest absolute Gasteiger partial charge is 0.116 e. The molecular formula is C16H11BrN2S. The Bertz CT molecular complexity index is 633. The Balaban J connectivity index is 2.03. The van der Waals surface area contributed by atoms with Crippen LogP contribution in [0.5, 0.6) is 0 Å². The molecule has 0 N–H and O–H groups in total. The standard InChI is InChI=1S/C16H11BrN2S/c17-11-14-15(12-7-3-1-4-8-12)18-20-19-16(14)13-9-5-2-6-10-13/h1-11H. The van der Waals surface area contributed by atoms with Gasteiger partial charge in [0.2, 0.25) is 0 Å². The number of hydrogen-bond donors (Lipinski definition) is 0. The maximum absolute atomic E-state index is 4.48. The molecule has 1 aliphatic rings. The minimum Gasteiger partial charge on any atom is -0.192 e. The first kappa shape index (κ1) is 13.3. The van der Waals surface area contributed by atoms with Gasteiger partial charge in [-0.3, -0.25) is 0 Å². The zero-order valence-electron chi connectivity index (χ0n) is 10.5. The van der Waals surface area contributed by atoms with Crippen molar-refractivity contribution in [2.24, 2.45) is 8.80 Å². The van der Waals surface area contributed by atoms with Crippen molar-refractivity contribution in [3.63, 3.8) is 0 Å². The third-order valence-corrected chi connectivity index (χ3v) is 3.96. The summed E-state index contributed by atoms with van der Waals surface area (Å²) in [6.07, 6.45) is 0. The molecule has 0 fully saturated rings. The van der Waals surface area contributed by atoms with Crippen molar-refractivity contribution < 1.29 is 0 Å². The van der Waals surface area contributed by atoms with Gasteiger partial charge in [-0.15, -0.1) is 0 Å². The lowest BCUT2D eigenvalue weighted by atomic mass is 9.96. The van der Waals surface area contributed by atoms with Gasteiger partial charge >= 0.3 is 0 Å². The Kier molecular flexibility index (Phi) is 4.14. The molecule has 2 aromatic rings. The average molecular weight is 343 g/mol. The Morgan fingerprint density at radius 3 is 1.60 bits per heavy atom. The Morgan fingerprint density at radius 2 is 1.20 bits per heavy atom. The largest absolute Gasteiger partial charge is 0.192 e. The molecule has 0 saturated carbocycles. The van der Waals surface area contributed by atoms with Gasteiger partial charge in [0.1, 0.15) is 12.1 Å². The topological polar surface area (TPSA) is 24.7 Å². The maximum atomic E-state index is 4.48. The molecule has 0 aliphatic carbocycles. The molecule has 0 saturated heterocycles. The van der Waals surface area contributed by atoms with Crippen molar-refractivity contribution >= 4 is 39.5 Å². The Hall–Kier alpha value is -1.65. The summed E-state index contributed by atoms with van der Waals surface area (Å²) < 4.78 is 8.95. The van der Waals surface area contributed by atoms with Crippen LogP contribution in [0.1, 0.15) is 11.1 Å². The van der Waals surface area contributed by atoms with Gasteiger partial charge in [-0.1, -0.05) is 76.6 Å². The molecule has 1 heterocycles. The van der Waals surface area contributed by atoms with E-state index in [9.17, 15) is 0 Å². The van der Waals surface area contributed by atoms with Crippen LogP contribution in [-0.2, 0) is 0 Å². The van der Waals surface area contributed by atoms with Gasteiger partial charge in [0.25, 0.3) is 0 Å². The van der Waals surface area contributed by atoms with Gasteiger partial charge < -0.3 is 0 Å². The van der Waals surface area contributed by atoms with Crippen molar-refractivity contribution in [3.05, 3.63) is 82.3 Å². The molecule has 4 heteroatoms.